The lowest BCUT2D eigenvalue weighted by atomic mass is 10.0. The zero-order valence-corrected chi connectivity index (χ0v) is 12.7. The molecule has 2 aromatic rings. The third kappa shape index (κ3) is 3.60. The fourth-order valence-electron chi connectivity index (χ4n) is 2.37. The molecule has 1 atom stereocenters. The molecular formula is C15H21ClN4. The van der Waals surface area contributed by atoms with Gasteiger partial charge in [-0.2, -0.15) is 5.10 Å². The molecule has 4 nitrogen and oxygen atoms in total. The first-order chi connectivity index (χ1) is 9.61. The van der Waals surface area contributed by atoms with Crippen molar-refractivity contribution in [2.24, 2.45) is 12.9 Å². The van der Waals surface area contributed by atoms with E-state index in [9.17, 15) is 0 Å². The van der Waals surface area contributed by atoms with Gasteiger partial charge in [0.15, 0.2) is 0 Å². The van der Waals surface area contributed by atoms with Gasteiger partial charge in [0, 0.05) is 19.5 Å². The molecule has 1 aromatic carbocycles. The van der Waals surface area contributed by atoms with E-state index in [1.165, 1.54) is 5.56 Å². The Balaban J connectivity index is 1.99. The van der Waals surface area contributed by atoms with E-state index < -0.39 is 0 Å². The van der Waals surface area contributed by atoms with Crippen molar-refractivity contribution in [3.63, 3.8) is 0 Å². The van der Waals surface area contributed by atoms with E-state index in [1.54, 1.807) is 0 Å². The highest BCUT2D eigenvalue weighted by atomic mass is 35.5. The van der Waals surface area contributed by atoms with Crippen molar-refractivity contribution in [2.75, 3.05) is 0 Å². The first-order valence-electron chi connectivity index (χ1n) is 6.80. The Morgan fingerprint density at radius 2 is 2.05 bits per heavy atom. The number of halogens is 1. The Hall–Kier alpha value is -1.36. The summed E-state index contributed by atoms with van der Waals surface area (Å²) in [6, 6.07) is 10.6. The molecule has 0 fully saturated rings. The number of nitrogens with one attached hydrogen (secondary N) is 1. The first kappa shape index (κ1) is 15.0. The molecule has 0 aliphatic rings. The number of hydrazine groups is 1. The van der Waals surface area contributed by atoms with Crippen LogP contribution in [0.25, 0.3) is 0 Å². The van der Waals surface area contributed by atoms with E-state index in [1.807, 2.05) is 24.7 Å². The maximum absolute atomic E-state index is 6.28. The minimum Gasteiger partial charge on any atom is -0.271 e. The Morgan fingerprint density at radius 3 is 2.60 bits per heavy atom. The van der Waals surface area contributed by atoms with E-state index in [-0.39, 0.29) is 6.04 Å². The Morgan fingerprint density at radius 1 is 1.35 bits per heavy atom. The molecule has 0 amide bonds. The summed E-state index contributed by atoms with van der Waals surface area (Å²) < 4.78 is 1.84. The first-order valence-corrected chi connectivity index (χ1v) is 7.17. The van der Waals surface area contributed by atoms with Crippen LogP contribution in [0.5, 0.6) is 0 Å². The second kappa shape index (κ2) is 6.88. The number of nitrogens with two attached hydrogens (primary N) is 1. The van der Waals surface area contributed by atoms with E-state index >= 15 is 0 Å². The third-order valence-corrected chi connectivity index (χ3v) is 4.05. The summed E-state index contributed by atoms with van der Waals surface area (Å²) in [6.07, 6.45) is 2.73. The summed E-state index contributed by atoms with van der Waals surface area (Å²) in [5, 5.41) is 5.08. The molecule has 0 aliphatic carbocycles. The Labute approximate surface area is 124 Å². The zero-order chi connectivity index (χ0) is 14.5. The summed E-state index contributed by atoms with van der Waals surface area (Å²) in [4.78, 5) is 0. The van der Waals surface area contributed by atoms with Gasteiger partial charge in [-0.1, -0.05) is 41.9 Å². The van der Waals surface area contributed by atoms with Crippen LogP contribution in [0, 0.1) is 6.92 Å². The molecule has 1 aromatic heterocycles. The molecule has 20 heavy (non-hydrogen) atoms. The fourth-order valence-corrected chi connectivity index (χ4v) is 2.60. The largest absolute Gasteiger partial charge is 0.271 e. The second-order valence-corrected chi connectivity index (χ2v) is 5.44. The standard InChI is InChI=1S/C15H21ClN4/c1-11-15(16)14(20(2)19-11)10-13(18-17)9-8-12-6-4-3-5-7-12/h3-7,13,18H,8-10,17H2,1-2H3. The van der Waals surface area contributed by atoms with E-state index in [2.05, 4.69) is 34.8 Å². The van der Waals surface area contributed by atoms with Crippen LogP contribution >= 0.6 is 11.6 Å². The van der Waals surface area contributed by atoms with Crippen molar-refractivity contribution in [1.29, 1.82) is 0 Å². The number of benzene rings is 1. The number of hydrogen-bond donors (Lipinski definition) is 2. The molecule has 2 rings (SSSR count). The van der Waals surface area contributed by atoms with E-state index in [4.69, 9.17) is 17.4 Å². The van der Waals surface area contributed by atoms with Gasteiger partial charge < -0.3 is 0 Å². The minimum atomic E-state index is 0.183. The van der Waals surface area contributed by atoms with Crippen LogP contribution in [-0.4, -0.2) is 15.8 Å². The van der Waals surface area contributed by atoms with Gasteiger partial charge in [0.05, 0.1) is 16.4 Å². The number of rotatable bonds is 6. The lowest BCUT2D eigenvalue weighted by molar-refractivity contribution is 0.478. The van der Waals surface area contributed by atoms with Gasteiger partial charge in [0.1, 0.15) is 0 Å². The van der Waals surface area contributed by atoms with Gasteiger partial charge in [0.2, 0.25) is 0 Å². The van der Waals surface area contributed by atoms with E-state index in [0.29, 0.717) is 0 Å². The van der Waals surface area contributed by atoms with Crippen LogP contribution in [0.3, 0.4) is 0 Å². The summed E-state index contributed by atoms with van der Waals surface area (Å²) in [5.74, 6) is 5.67. The van der Waals surface area contributed by atoms with Crippen LogP contribution < -0.4 is 11.3 Å². The molecule has 0 saturated carbocycles. The number of hydrogen-bond acceptors (Lipinski definition) is 3. The highest BCUT2D eigenvalue weighted by Gasteiger charge is 2.16. The smallest absolute Gasteiger partial charge is 0.0847 e. The van der Waals surface area contributed by atoms with Crippen LogP contribution in [0.4, 0.5) is 0 Å². The van der Waals surface area contributed by atoms with Gasteiger partial charge in [0.25, 0.3) is 0 Å². The van der Waals surface area contributed by atoms with Crippen molar-refractivity contribution < 1.29 is 0 Å². The molecule has 0 bridgehead atoms. The molecule has 3 N–H and O–H groups in total. The summed E-state index contributed by atoms with van der Waals surface area (Å²) in [5.41, 5.74) is 6.10. The summed E-state index contributed by atoms with van der Waals surface area (Å²) in [6.45, 7) is 1.92. The summed E-state index contributed by atoms with van der Waals surface area (Å²) in [7, 11) is 1.92. The predicted molar refractivity (Wildman–Crippen MR) is 82.5 cm³/mol. The lowest BCUT2D eigenvalue weighted by Crippen LogP contribution is -2.37. The molecule has 0 radical (unpaired) electrons. The van der Waals surface area contributed by atoms with Gasteiger partial charge in [-0.3, -0.25) is 16.0 Å². The normalized spacial score (nSPS) is 12.6. The van der Waals surface area contributed by atoms with Crippen molar-refractivity contribution >= 4 is 11.6 Å². The topological polar surface area (TPSA) is 55.9 Å². The molecule has 0 aliphatic heterocycles. The van der Waals surface area contributed by atoms with Crippen molar-refractivity contribution in [1.82, 2.24) is 15.2 Å². The van der Waals surface area contributed by atoms with E-state index in [0.717, 1.165) is 35.7 Å². The molecule has 0 spiro atoms. The molecule has 0 saturated heterocycles. The van der Waals surface area contributed by atoms with Gasteiger partial charge in [-0.25, -0.2) is 0 Å². The quantitative estimate of drug-likeness (QED) is 0.635. The van der Waals surface area contributed by atoms with Crippen LogP contribution in [-0.2, 0) is 19.9 Å². The molecular weight excluding hydrogens is 272 g/mol. The monoisotopic (exact) mass is 292 g/mol. The number of aryl methyl sites for hydroxylation is 3. The van der Waals surface area contributed by atoms with Gasteiger partial charge >= 0.3 is 0 Å². The molecule has 5 heteroatoms. The van der Waals surface area contributed by atoms with Crippen molar-refractivity contribution in [3.05, 3.63) is 52.3 Å². The molecule has 1 heterocycles. The number of aromatic nitrogens is 2. The third-order valence-electron chi connectivity index (χ3n) is 3.56. The van der Waals surface area contributed by atoms with Crippen LogP contribution in [0.2, 0.25) is 5.02 Å². The Bertz CT molecular complexity index is 551. The highest BCUT2D eigenvalue weighted by molar-refractivity contribution is 6.31. The van der Waals surface area contributed by atoms with Gasteiger partial charge in [-0.15, -0.1) is 0 Å². The summed E-state index contributed by atoms with van der Waals surface area (Å²) >= 11 is 6.28. The van der Waals surface area contributed by atoms with Crippen molar-refractivity contribution in [2.45, 2.75) is 32.2 Å². The maximum Gasteiger partial charge on any atom is 0.0847 e. The molecule has 1 unspecified atom stereocenters. The zero-order valence-electron chi connectivity index (χ0n) is 11.9. The maximum atomic E-state index is 6.28. The second-order valence-electron chi connectivity index (χ2n) is 5.06. The molecule has 108 valence electrons. The number of nitrogens with zero attached hydrogens (tertiary/aromatic N) is 2. The highest BCUT2D eigenvalue weighted by Crippen LogP contribution is 2.21. The van der Waals surface area contributed by atoms with Crippen LogP contribution in [0.15, 0.2) is 30.3 Å². The minimum absolute atomic E-state index is 0.183. The van der Waals surface area contributed by atoms with Crippen molar-refractivity contribution in [3.8, 4) is 0 Å². The van der Waals surface area contributed by atoms with Gasteiger partial charge in [-0.05, 0) is 25.3 Å². The predicted octanol–water partition coefficient (Wildman–Crippen LogP) is 2.39. The lowest BCUT2D eigenvalue weighted by Gasteiger charge is -2.16. The Kier molecular flexibility index (Phi) is 5.17. The average molecular weight is 293 g/mol. The average Bonchev–Trinajstić information content (AvgIpc) is 2.70. The van der Waals surface area contributed by atoms with Crippen LogP contribution in [0.1, 0.15) is 23.4 Å². The SMILES string of the molecule is Cc1nn(C)c(CC(CCc2ccccc2)NN)c1Cl. The fraction of sp³-hybridized carbons (Fsp3) is 0.400.